The van der Waals surface area contributed by atoms with Gasteiger partial charge in [-0.25, -0.2) is 9.59 Å². The summed E-state index contributed by atoms with van der Waals surface area (Å²) in [5.74, 6) is -0.340. The van der Waals surface area contributed by atoms with E-state index in [2.05, 4.69) is 10.0 Å². The largest absolute Gasteiger partial charge is 0.464 e. The van der Waals surface area contributed by atoms with Crippen molar-refractivity contribution in [3.05, 3.63) is 117 Å². The Labute approximate surface area is 248 Å². The van der Waals surface area contributed by atoms with Crippen molar-refractivity contribution < 1.29 is 33.5 Å². The van der Waals surface area contributed by atoms with Crippen LogP contribution in [0.5, 0.6) is 5.75 Å². The highest BCUT2D eigenvalue weighted by atomic mass is 33.1. The molecule has 0 unspecified atom stereocenters. The van der Waals surface area contributed by atoms with Gasteiger partial charge in [0.1, 0.15) is 30.6 Å². The Morgan fingerprint density at radius 2 is 1.62 bits per heavy atom. The van der Waals surface area contributed by atoms with Gasteiger partial charge in [-0.15, -0.1) is 0 Å². The monoisotopic (exact) mass is 610 g/mol. The summed E-state index contributed by atoms with van der Waals surface area (Å²) in [5, 5.41) is 14.3. The number of nitro benzene ring substituents is 1. The fourth-order valence-corrected chi connectivity index (χ4v) is 6.53. The van der Waals surface area contributed by atoms with Crippen molar-refractivity contribution in [2.24, 2.45) is 5.11 Å². The maximum atomic E-state index is 13.2. The zero-order valence-electron chi connectivity index (χ0n) is 22.3. The summed E-state index contributed by atoms with van der Waals surface area (Å²) in [7, 11) is 2.82. The number of ether oxygens (including phenoxy) is 4. The van der Waals surface area contributed by atoms with Gasteiger partial charge in [0.05, 0.1) is 21.3 Å². The Kier molecular flexibility index (Phi) is 11.1. The van der Waals surface area contributed by atoms with Crippen molar-refractivity contribution in [1.29, 1.82) is 0 Å². The second-order valence-electron chi connectivity index (χ2n) is 8.78. The Hall–Kier alpha value is -4.23. The summed E-state index contributed by atoms with van der Waals surface area (Å²) in [5.41, 5.74) is 9.94. The molecular formula is C28H26N4O8S2. The van der Waals surface area contributed by atoms with Crippen molar-refractivity contribution in [2.45, 2.75) is 36.7 Å². The minimum atomic E-state index is -1.29. The van der Waals surface area contributed by atoms with E-state index in [1.165, 1.54) is 45.9 Å². The van der Waals surface area contributed by atoms with Crippen LogP contribution >= 0.6 is 21.6 Å². The summed E-state index contributed by atoms with van der Waals surface area (Å²) in [6, 6.07) is 20.9. The molecule has 1 saturated heterocycles. The van der Waals surface area contributed by atoms with Gasteiger partial charge in [-0.1, -0.05) is 70.0 Å². The first-order chi connectivity index (χ1) is 20.4. The SMILES string of the molecule is CCSS[C@H]1[C@H](OC(=O)c2ccccc2)[C@H](N=[N+]=[N-])[C@H](Oc2ccc([N+](=O)[O-])cc2)O[C@@H]1COC(=O)c1ccccc1. The number of nitrogens with zero attached hydrogens (tertiary/aromatic N) is 4. The first-order valence-electron chi connectivity index (χ1n) is 12.8. The third-order valence-corrected chi connectivity index (χ3v) is 8.98. The lowest BCUT2D eigenvalue weighted by atomic mass is 9.99. The van der Waals surface area contributed by atoms with Crippen LogP contribution in [-0.4, -0.2) is 59.0 Å². The molecule has 3 aromatic rings. The van der Waals surface area contributed by atoms with Gasteiger partial charge in [-0.3, -0.25) is 10.1 Å². The van der Waals surface area contributed by atoms with Crippen LogP contribution in [0.1, 0.15) is 27.6 Å². The number of rotatable bonds is 12. The average Bonchev–Trinajstić information content (AvgIpc) is 3.02. The van der Waals surface area contributed by atoms with Gasteiger partial charge < -0.3 is 18.9 Å². The molecule has 0 aromatic heterocycles. The van der Waals surface area contributed by atoms with E-state index in [0.717, 1.165) is 0 Å². The van der Waals surface area contributed by atoms with Crippen LogP contribution in [0.3, 0.4) is 0 Å². The molecule has 0 radical (unpaired) electrons. The predicted octanol–water partition coefficient (Wildman–Crippen LogP) is 6.23. The highest BCUT2D eigenvalue weighted by molar-refractivity contribution is 8.77. The van der Waals surface area contributed by atoms with Crippen molar-refractivity contribution in [2.75, 3.05) is 12.4 Å². The highest BCUT2D eigenvalue weighted by Gasteiger charge is 2.50. The number of hydrogen-bond acceptors (Lipinski definition) is 11. The van der Waals surface area contributed by atoms with Crippen molar-refractivity contribution >= 4 is 39.2 Å². The molecule has 0 N–H and O–H groups in total. The Morgan fingerprint density at radius 1 is 1.00 bits per heavy atom. The van der Waals surface area contributed by atoms with Gasteiger partial charge in [0.2, 0.25) is 6.29 Å². The topological polar surface area (TPSA) is 163 Å². The van der Waals surface area contributed by atoms with E-state index in [1.807, 2.05) is 6.92 Å². The Balaban J connectivity index is 1.67. The fourth-order valence-electron chi connectivity index (χ4n) is 4.06. The molecule has 0 amide bonds. The standard InChI is InChI=1S/C28H26N4O8S2/c1-2-41-42-25-22(17-37-26(33)18-9-5-3-6-10-18)39-28(38-21-15-13-20(14-16-21)32(35)36)23(30-31-29)24(25)40-27(34)19-11-7-4-8-12-19/h3-16,22-25,28H,2,17H2,1H3/t22-,23+,24-,25-,28-/m1/s1. The van der Waals surface area contributed by atoms with Crippen LogP contribution in [0.4, 0.5) is 5.69 Å². The van der Waals surface area contributed by atoms with Crippen LogP contribution in [0.25, 0.3) is 10.4 Å². The molecule has 0 aliphatic carbocycles. The van der Waals surface area contributed by atoms with E-state index >= 15 is 0 Å². The molecule has 1 fully saturated rings. The lowest BCUT2D eigenvalue weighted by molar-refractivity contribution is -0.384. The predicted molar refractivity (Wildman–Crippen MR) is 157 cm³/mol. The van der Waals surface area contributed by atoms with Crippen molar-refractivity contribution in [3.8, 4) is 5.75 Å². The number of azide groups is 1. The number of non-ortho nitro benzene ring substituents is 1. The molecule has 12 nitrogen and oxygen atoms in total. The highest BCUT2D eigenvalue weighted by Crippen LogP contribution is 2.40. The fraction of sp³-hybridized carbons (Fsp3) is 0.286. The van der Waals surface area contributed by atoms with Crippen LogP contribution in [0, 0.1) is 10.1 Å². The van der Waals surface area contributed by atoms with Gasteiger partial charge >= 0.3 is 11.9 Å². The molecule has 42 heavy (non-hydrogen) atoms. The molecule has 0 saturated carbocycles. The van der Waals surface area contributed by atoms with Gasteiger partial charge in [-0.2, -0.15) is 0 Å². The lowest BCUT2D eigenvalue weighted by Gasteiger charge is -2.43. The summed E-state index contributed by atoms with van der Waals surface area (Å²) in [4.78, 5) is 39.4. The summed E-state index contributed by atoms with van der Waals surface area (Å²) >= 11 is 0. The minimum absolute atomic E-state index is 0.146. The quantitative estimate of drug-likeness (QED) is 0.0437. The first kappa shape index (κ1) is 30.7. The second-order valence-corrected chi connectivity index (χ2v) is 11.6. The first-order valence-corrected chi connectivity index (χ1v) is 15.2. The zero-order valence-corrected chi connectivity index (χ0v) is 23.9. The molecule has 0 bridgehead atoms. The van der Waals surface area contributed by atoms with E-state index in [9.17, 15) is 25.2 Å². The van der Waals surface area contributed by atoms with E-state index in [1.54, 1.807) is 60.7 Å². The number of nitro groups is 1. The van der Waals surface area contributed by atoms with Crippen LogP contribution in [0.2, 0.25) is 0 Å². The Morgan fingerprint density at radius 3 is 2.19 bits per heavy atom. The average molecular weight is 611 g/mol. The molecule has 4 rings (SSSR count). The summed E-state index contributed by atoms with van der Waals surface area (Å²) in [6.45, 7) is 1.72. The molecule has 14 heteroatoms. The van der Waals surface area contributed by atoms with Gasteiger partial charge in [0, 0.05) is 22.8 Å². The minimum Gasteiger partial charge on any atom is -0.464 e. The molecule has 5 atom stereocenters. The van der Waals surface area contributed by atoms with Crippen LogP contribution < -0.4 is 4.74 Å². The number of esters is 2. The number of carbonyl (C=O) groups excluding carboxylic acids is 2. The zero-order chi connectivity index (χ0) is 29.9. The van der Waals surface area contributed by atoms with E-state index in [0.29, 0.717) is 11.3 Å². The molecule has 1 aliphatic rings. The molecule has 1 aliphatic heterocycles. The van der Waals surface area contributed by atoms with Crippen LogP contribution in [0.15, 0.2) is 90.0 Å². The van der Waals surface area contributed by atoms with Gasteiger partial charge in [0.15, 0.2) is 0 Å². The van der Waals surface area contributed by atoms with Crippen molar-refractivity contribution in [1.82, 2.24) is 0 Å². The smallest absolute Gasteiger partial charge is 0.338 e. The maximum absolute atomic E-state index is 13.2. The summed E-state index contributed by atoms with van der Waals surface area (Å²) in [6.07, 6.45) is -3.21. The molecule has 0 spiro atoms. The van der Waals surface area contributed by atoms with E-state index < -0.39 is 46.7 Å². The number of hydrogen-bond donors (Lipinski definition) is 0. The molecular weight excluding hydrogens is 584 g/mol. The molecule has 218 valence electrons. The number of carbonyl (C=O) groups is 2. The maximum Gasteiger partial charge on any atom is 0.338 e. The molecule has 1 heterocycles. The second kappa shape index (κ2) is 15.1. The molecule has 3 aromatic carbocycles. The van der Waals surface area contributed by atoms with Gasteiger partial charge in [0.25, 0.3) is 5.69 Å². The van der Waals surface area contributed by atoms with E-state index in [4.69, 9.17) is 18.9 Å². The van der Waals surface area contributed by atoms with Crippen molar-refractivity contribution in [3.63, 3.8) is 0 Å². The third-order valence-electron chi connectivity index (χ3n) is 6.04. The lowest BCUT2D eigenvalue weighted by Crippen LogP contribution is -2.59. The van der Waals surface area contributed by atoms with E-state index in [-0.39, 0.29) is 23.6 Å². The third kappa shape index (κ3) is 7.95. The number of benzene rings is 3. The Bertz CT molecular complexity index is 1410. The summed E-state index contributed by atoms with van der Waals surface area (Å²) < 4.78 is 23.8. The van der Waals surface area contributed by atoms with Crippen LogP contribution in [-0.2, 0) is 14.2 Å². The normalized spacial score (nSPS) is 21.4. The van der Waals surface area contributed by atoms with Gasteiger partial charge in [-0.05, 0) is 41.9 Å².